The molecule has 0 spiro atoms. The Morgan fingerprint density at radius 1 is 1.10 bits per heavy atom. The van der Waals surface area contributed by atoms with Crippen molar-refractivity contribution in [3.63, 3.8) is 0 Å². The quantitative estimate of drug-likeness (QED) is 0.646. The molecule has 0 radical (unpaired) electrons. The largest absolute Gasteiger partial charge is 0.356 e. The van der Waals surface area contributed by atoms with Crippen LogP contribution in [0, 0.1) is 11.8 Å². The van der Waals surface area contributed by atoms with Crippen molar-refractivity contribution in [2.75, 3.05) is 44.2 Å². The minimum atomic E-state index is 0.214. The number of nitrogens with one attached hydrogen (secondary N) is 1. The maximum Gasteiger partial charge on any atom is 0.223 e. The number of aromatic nitrogens is 2. The average molecular weight is 462 g/mol. The van der Waals surface area contributed by atoms with Crippen LogP contribution in [0.15, 0.2) is 30.3 Å². The summed E-state index contributed by atoms with van der Waals surface area (Å²) < 4.78 is 8.42. The molecule has 1 aromatic heterocycles. The Bertz CT molecular complexity index is 818. The van der Waals surface area contributed by atoms with Gasteiger partial charge >= 0.3 is 0 Å². The van der Waals surface area contributed by atoms with Gasteiger partial charge in [-0.3, -0.25) is 9.69 Å². The smallest absolute Gasteiger partial charge is 0.223 e. The lowest BCUT2D eigenvalue weighted by atomic mass is 9.88. The molecule has 0 unspecified atom stereocenters. The molecule has 4 rings (SSSR count). The van der Waals surface area contributed by atoms with Gasteiger partial charge in [-0.2, -0.15) is 8.75 Å². The lowest BCUT2D eigenvalue weighted by molar-refractivity contribution is -0.126. The van der Waals surface area contributed by atoms with Gasteiger partial charge in [0.15, 0.2) is 11.0 Å². The summed E-state index contributed by atoms with van der Waals surface area (Å²) >= 11 is 7.33. The molecule has 0 bridgehead atoms. The molecule has 1 aromatic carbocycles. The van der Waals surface area contributed by atoms with Gasteiger partial charge < -0.3 is 10.2 Å². The van der Waals surface area contributed by atoms with Crippen molar-refractivity contribution in [1.29, 1.82) is 0 Å². The van der Waals surface area contributed by atoms with Crippen molar-refractivity contribution in [2.24, 2.45) is 11.8 Å². The molecule has 1 saturated carbocycles. The van der Waals surface area contributed by atoms with Crippen LogP contribution in [0.2, 0.25) is 5.15 Å². The van der Waals surface area contributed by atoms with Gasteiger partial charge in [0.1, 0.15) is 0 Å². The van der Waals surface area contributed by atoms with Gasteiger partial charge in [0.05, 0.1) is 11.7 Å². The van der Waals surface area contributed by atoms with E-state index in [1.54, 1.807) is 0 Å². The Labute approximate surface area is 194 Å². The van der Waals surface area contributed by atoms with Crippen LogP contribution in [0.3, 0.4) is 0 Å². The van der Waals surface area contributed by atoms with Gasteiger partial charge in [-0.1, -0.05) is 61.2 Å². The summed E-state index contributed by atoms with van der Waals surface area (Å²) in [4.78, 5) is 17.4. The second-order valence-corrected chi connectivity index (χ2v) is 9.69. The SMILES string of the molecule is O=C(NC[C@@H](Cc1ccccc1)CN1CCN(c2nsnc2Cl)CC1)C1CCCCC1. The van der Waals surface area contributed by atoms with Crippen LogP contribution in [0.4, 0.5) is 5.82 Å². The first-order valence-corrected chi connectivity index (χ1v) is 12.6. The minimum Gasteiger partial charge on any atom is -0.356 e. The average Bonchev–Trinajstić information content (AvgIpc) is 3.25. The van der Waals surface area contributed by atoms with Gasteiger partial charge in [0, 0.05) is 45.2 Å². The van der Waals surface area contributed by atoms with E-state index in [0.717, 1.165) is 64.3 Å². The lowest BCUT2D eigenvalue weighted by Gasteiger charge is -2.36. The van der Waals surface area contributed by atoms with E-state index in [1.165, 1.54) is 36.6 Å². The number of anilines is 1. The number of carbonyl (C=O) groups is 1. The summed E-state index contributed by atoms with van der Waals surface area (Å²) in [5.41, 5.74) is 1.33. The van der Waals surface area contributed by atoms with Gasteiger partial charge in [0.2, 0.25) is 5.91 Å². The molecule has 1 atom stereocenters. The number of rotatable bonds is 8. The summed E-state index contributed by atoms with van der Waals surface area (Å²) in [5.74, 6) is 1.68. The van der Waals surface area contributed by atoms with Gasteiger partial charge in [-0.25, -0.2) is 0 Å². The molecule has 1 aliphatic carbocycles. The molecule has 31 heavy (non-hydrogen) atoms. The van der Waals surface area contributed by atoms with Crippen LogP contribution in [0.25, 0.3) is 0 Å². The fourth-order valence-electron chi connectivity index (χ4n) is 4.77. The van der Waals surface area contributed by atoms with Crippen LogP contribution < -0.4 is 10.2 Å². The Morgan fingerprint density at radius 3 is 2.52 bits per heavy atom. The normalized spacial score (nSPS) is 19.3. The zero-order valence-corrected chi connectivity index (χ0v) is 19.6. The second-order valence-electron chi connectivity index (χ2n) is 8.80. The molecule has 1 amide bonds. The van der Waals surface area contributed by atoms with Crippen molar-refractivity contribution in [2.45, 2.75) is 38.5 Å². The molecule has 8 heteroatoms. The predicted molar refractivity (Wildman–Crippen MR) is 127 cm³/mol. The number of piperazine rings is 1. The van der Waals surface area contributed by atoms with Crippen LogP contribution in [0.5, 0.6) is 0 Å². The molecular formula is C23H32ClN5OS. The number of hydrogen-bond acceptors (Lipinski definition) is 6. The standard InChI is InChI=1S/C23H32ClN5OS/c24-21-22(27-31-26-21)29-13-11-28(12-14-29)17-19(15-18-7-3-1-4-8-18)16-25-23(30)20-9-5-2-6-10-20/h1,3-4,7-8,19-20H,2,5-6,9-17H2,(H,25,30)/t19-/m1/s1. The highest BCUT2D eigenvalue weighted by molar-refractivity contribution is 6.99. The highest BCUT2D eigenvalue weighted by Crippen LogP contribution is 2.25. The topological polar surface area (TPSA) is 61.4 Å². The zero-order chi connectivity index (χ0) is 21.5. The molecule has 168 valence electrons. The Hall–Kier alpha value is -1.70. The molecule has 2 fully saturated rings. The molecule has 1 aliphatic heterocycles. The fraction of sp³-hybridized carbons (Fsp3) is 0.609. The summed E-state index contributed by atoms with van der Waals surface area (Å²) in [7, 11) is 0. The number of halogens is 1. The summed E-state index contributed by atoms with van der Waals surface area (Å²) in [6.45, 7) is 5.46. The first kappa shape index (κ1) is 22.5. The second kappa shape index (κ2) is 11.2. The van der Waals surface area contributed by atoms with Crippen LogP contribution in [0.1, 0.15) is 37.7 Å². The van der Waals surface area contributed by atoms with Gasteiger partial charge in [0.25, 0.3) is 0 Å². The van der Waals surface area contributed by atoms with E-state index >= 15 is 0 Å². The van der Waals surface area contributed by atoms with E-state index in [-0.39, 0.29) is 11.8 Å². The molecule has 2 heterocycles. The Kier molecular flexibility index (Phi) is 8.16. The minimum absolute atomic E-state index is 0.214. The third kappa shape index (κ3) is 6.40. The first-order valence-electron chi connectivity index (χ1n) is 11.5. The number of carbonyl (C=O) groups excluding carboxylic acids is 1. The van der Waals surface area contributed by atoms with Gasteiger partial charge in [-0.15, -0.1) is 0 Å². The number of hydrogen-bond donors (Lipinski definition) is 1. The van der Waals surface area contributed by atoms with E-state index in [1.807, 2.05) is 0 Å². The van der Waals surface area contributed by atoms with Crippen molar-refractivity contribution < 1.29 is 4.79 Å². The van der Waals surface area contributed by atoms with Crippen LogP contribution in [-0.4, -0.2) is 58.8 Å². The van der Waals surface area contributed by atoms with Gasteiger partial charge in [-0.05, 0) is 30.7 Å². The molecule has 2 aliphatic rings. The maximum absolute atomic E-state index is 12.7. The summed E-state index contributed by atoms with van der Waals surface area (Å²) in [6, 6.07) is 10.6. The monoisotopic (exact) mass is 461 g/mol. The highest BCUT2D eigenvalue weighted by Gasteiger charge is 2.25. The van der Waals surface area contributed by atoms with Crippen molar-refractivity contribution in [3.05, 3.63) is 41.0 Å². The van der Waals surface area contributed by atoms with Crippen LogP contribution in [-0.2, 0) is 11.2 Å². The van der Waals surface area contributed by atoms with E-state index in [0.29, 0.717) is 11.1 Å². The predicted octanol–water partition coefficient (Wildman–Crippen LogP) is 3.87. The highest BCUT2D eigenvalue weighted by atomic mass is 35.5. The van der Waals surface area contributed by atoms with E-state index in [9.17, 15) is 4.79 Å². The lowest BCUT2D eigenvalue weighted by Crippen LogP contribution is -2.49. The molecule has 1 N–H and O–H groups in total. The molecule has 6 nitrogen and oxygen atoms in total. The number of nitrogens with zero attached hydrogens (tertiary/aromatic N) is 4. The van der Waals surface area contributed by atoms with E-state index in [2.05, 4.69) is 54.2 Å². The third-order valence-electron chi connectivity index (χ3n) is 6.53. The number of benzene rings is 1. The van der Waals surface area contributed by atoms with Crippen molar-refractivity contribution in [3.8, 4) is 0 Å². The Balaban J connectivity index is 1.32. The maximum atomic E-state index is 12.7. The van der Waals surface area contributed by atoms with Crippen molar-refractivity contribution in [1.82, 2.24) is 19.0 Å². The fourth-order valence-corrected chi connectivity index (χ4v) is 5.55. The summed E-state index contributed by atoms with van der Waals surface area (Å²) in [6.07, 6.45) is 6.72. The molecular weight excluding hydrogens is 430 g/mol. The van der Waals surface area contributed by atoms with E-state index < -0.39 is 0 Å². The number of amides is 1. The zero-order valence-electron chi connectivity index (χ0n) is 18.0. The molecule has 1 saturated heterocycles. The van der Waals surface area contributed by atoms with E-state index in [4.69, 9.17) is 11.6 Å². The third-order valence-corrected chi connectivity index (χ3v) is 7.40. The Morgan fingerprint density at radius 2 is 1.84 bits per heavy atom. The van der Waals surface area contributed by atoms with Crippen molar-refractivity contribution >= 4 is 35.1 Å². The molecule has 2 aromatic rings. The first-order chi connectivity index (χ1) is 15.2. The summed E-state index contributed by atoms with van der Waals surface area (Å²) in [5, 5.41) is 3.80. The van der Waals surface area contributed by atoms with Crippen LogP contribution >= 0.6 is 23.3 Å².